The number of carbonyl (C=O) groups excluding carboxylic acids is 1. The molecular weight excluding hydrogens is 322 g/mol. The van der Waals surface area contributed by atoms with Crippen LogP contribution in [-0.2, 0) is 0 Å². The Labute approximate surface area is 116 Å². The molecule has 0 spiro atoms. The van der Waals surface area contributed by atoms with E-state index in [-0.39, 0.29) is 5.82 Å². The molecule has 0 fully saturated rings. The summed E-state index contributed by atoms with van der Waals surface area (Å²) in [5.41, 5.74) is 0.332. The third-order valence-corrected chi connectivity index (χ3v) is 3.07. The van der Waals surface area contributed by atoms with Crippen LogP contribution >= 0.6 is 27.5 Å². The van der Waals surface area contributed by atoms with E-state index in [1.165, 1.54) is 24.3 Å². The van der Waals surface area contributed by atoms with E-state index >= 15 is 0 Å². The summed E-state index contributed by atoms with van der Waals surface area (Å²) in [6.07, 6.45) is 0.651. The van der Waals surface area contributed by atoms with Crippen LogP contribution in [0.4, 0.5) is 4.39 Å². The third kappa shape index (κ3) is 2.89. The van der Waals surface area contributed by atoms with Crippen LogP contribution in [0.1, 0.15) is 10.4 Å². The van der Waals surface area contributed by atoms with E-state index in [1.54, 1.807) is 12.1 Å². The summed E-state index contributed by atoms with van der Waals surface area (Å²) in [5.74, 6) is 0.407. The molecule has 0 unspecified atom stereocenters. The van der Waals surface area contributed by atoms with E-state index < -0.39 is 0 Å². The van der Waals surface area contributed by atoms with E-state index in [4.69, 9.17) is 16.3 Å². The maximum Gasteiger partial charge on any atom is 0.153 e. The Bertz CT molecular complexity index is 602. The van der Waals surface area contributed by atoms with Crippen LogP contribution in [0.5, 0.6) is 11.5 Å². The number of hydrogen-bond donors (Lipinski definition) is 0. The van der Waals surface area contributed by atoms with E-state index in [0.717, 1.165) is 0 Å². The molecule has 18 heavy (non-hydrogen) atoms. The lowest BCUT2D eigenvalue weighted by molar-refractivity contribution is 0.112. The summed E-state index contributed by atoms with van der Waals surface area (Å²) in [7, 11) is 0. The molecule has 0 aliphatic heterocycles. The molecule has 2 rings (SSSR count). The van der Waals surface area contributed by atoms with Gasteiger partial charge < -0.3 is 4.74 Å². The molecule has 0 saturated carbocycles. The number of halogens is 3. The summed E-state index contributed by atoms with van der Waals surface area (Å²) in [4.78, 5) is 10.9. The van der Waals surface area contributed by atoms with Crippen LogP contribution in [0.3, 0.4) is 0 Å². The first-order valence-corrected chi connectivity index (χ1v) is 6.15. The van der Waals surface area contributed by atoms with Gasteiger partial charge >= 0.3 is 0 Å². The average molecular weight is 330 g/mol. The number of hydrogen-bond acceptors (Lipinski definition) is 2. The minimum Gasteiger partial charge on any atom is -0.455 e. The van der Waals surface area contributed by atoms with Crippen molar-refractivity contribution in [3.05, 3.63) is 57.3 Å². The van der Waals surface area contributed by atoms with Gasteiger partial charge in [0.15, 0.2) is 6.29 Å². The van der Waals surface area contributed by atoms with Crippen LogP contribution in [0.2, 0.25) is 5.02 Å². The molecule has 0 aromatic heterocycles. The fourth-order valence-corrected chi connectivity index (χ4v) is 1.99. The molecule has 2 nitrogen and oxygen atoms in total. The molecule has 0 aliphatic carbocycles. The summed E-state index contributed by atoms with van der Waals surface area (Å²) >= 11 is 8.96. The highest BCUT2D eigenvalue weighted by Gasteiger charge is 2.08. The zero-order chi connectivity index (χ0) is 13.1. The quantitative estimate of drug-likeness (QED) is 0.753. The molecule has 2 aromatic carbocycles. The van der Waals surface area contributed by atoms with Crippen molar-refractivity contribution < 1.29 is 13.9 Å². The number of benzene rings is 2. The van der Waals surface area contributed by atoms with Gasteiger partial charge in [-0.15, -0.1) is 0 Å². The minimum atomic E-state index is -0.374. The topological polar surface area (TPSA) is 26.3 Å². The van der Waals surface area contributed by atoms with Crippen LogP contribution in [0.15, 0.2) is 40.9 Å². The molecule has 0 heterocycles. The Balaban J connectivity index is 2.36. The van der Waals surface area contributed by atoms with Crippen LogP contribution in [0.25, 0.3) is 0 Å². The van der Waals surface area contributed by atoms with Gasteiger partial charge in [-0.25, -0.2) is 4.39 Å². The largest absolute Gasteiger partial charge is 0.455 e. The maximum atomic E-state index is 12.9. The Morgan fingerprint density at radius 2 is 1.89 bits per heavy atom. The van der Waals surface area contributed by atoms with Crippen molar-refractivity contribution in [1.29, 1.82) is 0 Å². The zero-order valence-electron chi connectivity index (χ0n) is 8.99. The molecule has 2 aromatic rings. The summed E-state index contributed by atoms with van der Waals surface area (Å²) in [6, 6.07) is 8.73. The molecule has 0 saturated heterocycles. The lowest BCUT2D eigenvalue weighted by atomic mass is 10.2. The summed E-state index contributed by atoms with van der Waals surface area (Å²) in [5, 5.41) is 0.447. The average Bonchev–Trinajstić information content (AvgIpc) is 2.34. The molecule has 92 valence electrons. The molecule has 0 radical (unpaired) electrons. The lowest BCUT2D eigenvalue weighted by Crippen LogP contribution is -1.91. The molecular formula is C13H7BrClFO2. The lowest BCUT2D eigenvalue weighted by Gasteiger charge is -2.09. The SMILES string of the molecule is O=Cc1cc(Cl)ccc1Oc1ccc(F)cc1Br. The van der Waals surface area contributed by atoms with E-state index in [9.17, 15) is 9.18 Å². The van der Waals surface area contributed by atoms with Gasteiger partial charge in [-0.05, 0) is 52.3 Å². The predicted molar refractivity (Wildman–Crippen MR) is 71.0 cm³/mol. The van der Waals surface area contributed by atoms with Gasteiger partial charge in [-0.2, -0.15) is 0 Å². The van der Waals surface area contributed by atoms with Crippen molar-refractivity contribution in [1.82, 2.24) is 0 Å². The second kappa shape index (κ2) is 5.50. The smallest absolute Gasteiger partial charge is 0.153 e. The Kier molecular flexibility index (Phi) is 3.99. The van der Waals surface area contributed by atoms with E-state index in [0.29, 0.717) is 32.8 Å². The Hall–Kier alpha value is -1.39. The Morgan fingerprint density at radius 3 is 2.56 bits per heavy atom. The maximum absolute atomic E-state index is 12.9. The minimum absolute atomic E-state index is 0.332. The molecule has 0 amide bonds. The van der Waals surface area contributed by atoms with Crippen molar-refractivity contribution in [2.24, 2.45) is 0 Å². The monoisotopic (exact) mass is 328 g/mol. The van der Waals surface area contributed by atoms with Crippen molar-refractivity contribution in [2.45, 2.75) is 0 Å². The standard InChI is InChI=1S/C13H7BrClFO2/c14-11-6-10(16)2-4-13(11)18-12-3-1-9(15)5-8(12)7-17/h1-7H. The van der Waals surface area contributed by atoms with Gasteiger partial charge in [-0.3, -0.25) is 4.79 Å². The normalized spacial score (nSPS) is 10.2. The zero-order valence-corrected chi connectivity index (χ0v) is 11.3. The van der Waals surface area contributed by atoms with Crippen molar-refractivity contribution in [3.8, 4) is 11.5 Å². The summed E-state index contributed by atoms with van der Waals surface area (Å²) < 4.78 is 18.9. The van der Waals surface area contributed by atoms with Gasteiger partial charge in [0.25, 0.3) is 0 Å². The highest BCUT2D eigenvalue weighted by Crippen LogP contribution is 2.32. The highest BCUT2D eigenvalue weighted by atomic mass is 79.9. The molecule has 0 N–H and O–H groups in total. The predicted octanol–water partition coefficient (Wildman–Crippen LogP) is 4.85. The number of carbonyl (C=O) groups is 1. The highest BCUT2D eigenvalue weighted by molar-refractivity contribution is 9.10. The molecule has 0 aliphatic rings. The fourth-order valence-electron chi connectivity index (χ4n) is 1.38. The van der Waals surface area contributed by atoms with Crippen LogP contribution in [-0.4, -0.2) is 6.29 Å². The Morgan fingerprint density at radius 1 is 1.17 bits per heavy atom. The van der Waals surface area contributed by atoms with Crippen LogP contribution in [0, 0.1) is 5.82 Å². The third-order valence-electron chi connectivity index (χ3n) is 2.21. The molecule has 0 atom stereocenters. The van der Waals surface area contributed by atoms with Gasteiger partial charge in [0.2, 0.25) is 0 Å². The first-order chi connectivity index (χ1) is 8.60. The molecule has 5 heteroatoms. The van der Waals surface area contributed by atoms with Crippen LogP contribution < -0.4 is 4.74 Å². The number of rotatable bonds is 3. The molecule has 0 bridgehead atoms. The van der Waals surface area contributed by atoms with Crippen molar-refractivity contribution in [3.63, 3.8) is 0 Å². The van der Waals surface area contributed by atoms with Gasteiger partial charge in [0.05, 0.1) is 10.0 Å². The fraction of sp³-hybridized carbons (Fsp3) is 0. The van der Waals surface area contributed by atoms with E-state index in [1.807, 2.05) is 0 Å². The summed E-state index contributed by atoms with van der Waals surface area (Å²) in [6.45, 7) is 0. The number of ether oxygens (including phenoxy) is 1. The second-order valence-corrected chi connectivity index (χ2v) is 4.77. The van der Waals surface area contributed by atoms with Gasteiger partial charge in [-0.1, -0.05) is 11.6 Å². The number of aldehydes is 1. The van der Waals surface area contributed by atoms with Crippen molar-refractivity contribution >= 4 is 33.8 Å². The van der Waals surface area contributed by atoms with Gasteiger partial charge in [0, 0.05) is 5.02 Å². The first kappa shape index (κ1) is 13.1. The second-order valence-electron chi connectivity index (χ2n) is 3.48. The first-order valence-electron chi connectivity index (χ1n) is 4.98. The van der Waals surface area contributed by atoms with Crippen molar-refractivity contribution in [2.75, 3.05) is 0 Å². The van der Waals surface area contributed by atoms with E-state index in [2.05, 4.69) is 15.9 Å². The van der Waals surface area contributed by atoms with Gasteiger partial charge in [0.1, 0.15) is 17.3 Å².